The van der Waals surface area contributed by atoms with Crippen molar-refractivity contribution < 1.29 is 28.3 Å². The molecule has 28 heavy (non-hydrogen) atoms. The first-order valence-corrected chi connectivity index (χ1v) is 8.81. The van der Waals surface area contributed by atoms with E-state index in [2.05, 4.69) is 10.6 Å². The molecule has 150 valence electrons. The maximum Gasteiger partial charge on any atom is 0.329 e. The molecule has 2 N–H and O–H groups in total. The third-order valence-corrected chi connectivity index (χ3v) is 3.91. The first kappa shape index (κ1) is 21.0. The molecule has 0 fully saturated rings. The lowest BCUT2D eigenvalue weighted by molar-refractivity contribution is -0.158. The number of esters is 1. The van der Waals surface area contributed by atoms with Crippen molar-refractivity contribution in [3.05, 3.63) is 48.4 Å². The molecule has 8 heteroatoms. The molecule has 1 aromatic heterocycles. The van der Waals surface area contributed by atoms with Crippen LogP contribution in [0.5, 0.6) is 5.75 Å². The fourth-order valence-electron chi connectivity index (χ4n) is 2.34. The molecule has 0 bridgehead atoms. The molecule has 0 aliphatic heterocycles. The predicted molar refractivity (Wildman–Crippen MR) is 102 cm³/mol. The molecule has 0 saturated heterocycles. The van der Waals surface area contributed by atoms with Crippen LogP contribution in [-0.4, -0.2) is 37.0 Å². The summed E-state index contributed by atoms with van der Waals surface area (Å²) in [6.07, 6.45) is 0.341. The summed E-state index contributed by atoms with van der Waals surface area (Å²) in [6, 6.07) is 8.87. The Bertz CT molecular complexity index is 799. The van der Waals surface area contributed by atoms with Crippen molar-refractivity contribution in [3.8, 4) is 5.75 Å². The molecule has 2 rings (SSSR count). The number of anilines is 1. The summed E-state index contributed by atoms with van der Waals surface area (Å²) in [6.45, 7) is 5.00. The first-order chi connectivity index (χ1) is 13.3. The zero-order chi connectivity index (χ0) is 20.7. The highest BCUT2D eigenvalue weighted by Gasteiger charge is 2.29. The van der Waals surface area contributed by atoms with Crippen molar-refractivity contribution in [2.45, 2.75) is 32.9 Å². The van der Waals surface area contributed by atoms with Crippen molar-refractivity contribution in [1.29, 1.82) is 0 Å². The third kappa shape index (κ3) is 5.60. The van der Waals surface area contributed by atoms with E-state index in [1.807, 2.05) is 0 Å². The summed E-state index contributed by atoms with van der Waals surface area (Å²) >= 11 is 0. The monoisotopic (exact) mass is 388 g/mol. The maximum absolute atomic E-state index is 12.6. The van der Waals surface area contributed by atoms with Crippen LogP contribution >= 0.6 is 0 Å². The quantitative estimate of drug-likeness (QED) is 0.673. The Kier molecular flexibility index (Phi) is 7.20. The number of ether oxygens (including phenoxy) is 2. The minimum absolute atomic E-state index is 0.0808. The Morgan fingerprint density at radius 2 is 1.71 bits per heavy atom. The van der Waals surface area contributed by atoms with Crippen LogP contribution in [0, 0.1) is 5.92 Å². The SMILES string of the molecule is COc1ccc(NC(=O)C(OC(=O)[C@H](C)NC(=O)c2ccco2)C(C)C)cc1. The van der Waals surface area contributed by atoms with Crippen LogP contribution in [0.25, 0.3) is 0 Å². The van der Waals surface area contributed by atoms with E-state index in [4.69, 9.17) is 13.9 Å². The second kappa shape index (κ2) is 9.59. The normalized spacial score (nSPS) is 12.8. The molecular weight excluding hydrogens is 364 g/mol. The van der Waals surface area contributed by atoms with Crippen molar-refractivity contribution in [3.63, 3.8) is 0 Å². The highest BCUT2D eigenvalue weighted by molar-refractivity contribution is 5.97. The molecule has 1 heterocycles. The number of rotatable bonds is 8. The van der Waals surface area contributed by atoms with Gasteiger partial charge >= 0.3 is 5.97 Å². The minimum atomic E-state index is -1.02. The Labute approximate surface area is 163 Å². The van der Waals surface area contributed by atoms with Gasteiger partial charge in [0.2, 0.25) is 0 Å². The Morgan fingerprint density at radius 1 is 1.04 bits per heavy atom. The van der Waals surface area contributed by atoms with Crippen LogP contribution in [0.3, 0.4) is 0 Å². The number of hydrogen-bond acceptors (Lipinski definition) is 6. The van der Waals surface area contributed by atoms with Crippen molar-refractivity contribution in [2.24, 2.45) is 5.92 Å². The number of carbonyl (C=O) groups is 3. The third-order valence-electron chi connectivity index (χ3n) is 3.91. The molecule has 2 aromatic rings. The van der Waals surface area contributed by atoms with Crippen LogP contribution in [0.4, 0.5) is 5.69 Å². The standard InChI is InChI=1S/C20H24N2O6/c1-12(2)17(19(24)22-14-7-9-15(26-4)10-8-14)28-20(25)13(3)21-18(23)16-6-5-11-27-16/h5-13,17H,1-4H3,(H,21,23)(H,22,24)/t13-,17?/m0/s1. The molecule has 2 amide bonds. The summed E-state index contributed by atoms with van der Waals surface area (Å²) in [5.74, 6) is -1.25. The molecule has 0 aliphatic rings. The van der Waals surface area contributed by atoms with Gasteiger partial charge in [0.05, 0.1) is 13.4 Å². The van der Waals surface area contributed by atoms with E-state index in [1.54, 1.807) is 51.3 Å². The van der Waals surface area contributed by atoms with Gasteiger partial charge in [-0.25, -0.2) is 4.79 Å². The second-order valence-electron chi connectivity index (χ2n) is 6.49. The average Bonchev–Trinajstić information content (AvgIpc) is 3.21. The molecule has 0 aliphatic carbocycles. The Hall–Kier alpha value is -3.29. The number of hydrogen-bond donors (Lipinski definition) is 2. The van der Waals surface area contributed by atoms with Gasteiger partial charge in [-0.1, -0.05) is 13.8 Å². The topological polar surface area (TPSA) is 107 Å². The fourth-order valence-corrected chi connectivity index (χ4v) is 2.34. The van der Waals surface area contributed by atoms with Gasteiger partial charge in [-0.15, -0.1) is 0 Å². The lowest BCUT2D eigenvalue weighted by Crippen LogP contribution is -2.44. The van der Waals surface area contributed by atoms with E-state index in [9.17, 15) is 14.4 Å². The van der Waals surface area contributed by atoms with E-state index < -0.39 is 29.9 Å². The van der Waals surface area contributed by atoms with E-state index in [1.165, 1.54) is 19.3 Å². The van der Waals surface area contributed by atoms with Crippen LogP contribution in [0.2, 0.25) is 0 Å². The number of carbonyl (C=O) groups excluding carboxylic acids is 3. The predicted octanol–water partition coefficient (Wildman–Crippen LogP) is 2.61. The smallest absolute Gasteiger partial charge is 0.329 e. The summed E-state index contributed by atoms with van der Waals surface area (Å²) in [5.41, 5.74) is 0.548. The largest absolute Gasteiger partial charge is 0.497 e. The highest BCUT2D eigenvalue weighted by Crippen LogP contribution is 2.17. The maximum atomic E-state index is 12.6. The van der Waals surface area contributed by atoms with Gasteiger partial charge < -0.3 is 24.5 Å². The van der Waals surface area contributed by atoms with Crippen LogP contribution in [0.15, 0.2) is 47.1 Å². The summed E-state index contributed by atoms with van der Waals surface area (Å²) in [5, 5.41) is 5.18. The van der Waals surface area contributed by atoms with Crippen molar-refractivity contribution in [2.75, 3.05) is 12.4 Å². The molecule has 0 saturated carbocycles. The van der Waals surface area contributed by atoms with Gasteiger partial charge in [-0.2, -0.15) is 0 Å². The zero-order valence-electron chi connectivity index (χ0n) is 16.2. The van der Waals surface area contributed by atoms with Crippen LogP contribution in [0.1, 0.15) is 31.3 Å². The second-order valence-corrected chi connectivity index (χ2v) is 6.49. The number of furan rings is 1. The first-order valence-electron chi connectivity index (χ1n) is 8.81. The molecule has 8 nitrogen and oxygen atoms in total. The molecule has 0 radical (unpaired) electrons. The molecule has 1 unspecified atom stereocenters. The molecule has 2 atom stereocenters. The number of methoxy groups -OCH3 is 1. The van der Waals surface area contributed by atoms with Gasteiger partial charge in [0.15, 0.2) is 11.9 Å². The summed E-state index contributed by atoms with van der Waals surface area (Å²) < 4.78 is 15.4. The zero-order valence-corrected chi connectivity index (χ0v) is 16.2. The Balaban J connectivity index is 1.97. The van der Waals surface area contributed by atoms with Gasteiger partial charge in [0, 0.05) is 5.69 Å². The fraction of sp³-hybridized carbons (Fsp3) is 0.350. The highest BCUT2D eigenvalue weighted by atomic mass is 16.5. The number of benzene rings is 1. The van der Waals surface area contributed by atoms with E-state index in [0.717, 1.165) is 0 Å². The van der Waals surface area contributed by atoms with Crippen molar-refractivity contribution >= 4 is 23.5 Å². The van der Waals surface area contributed by atoms with Gasteiger partial charge in [-0.05, 0) is 49.2 Å². The number of nitrogens with one attached hydrogen (secondary N) is 2. The van der Waals surface area contributed by atoms with Crippen LogP contribution < -0.4 is 15.4 Å². The van der Waals surface area contributed by atoms with Gasteiger partial charge in [0.25, 0.3) is 11.8 Å². The van der Waals surface area contributed by atoms with E-state index >= 15 is 0 Å². The van der Waals surface area contributed by atoms with Crippen LogP contribution in [-0.2, 0) is 14.3 Å². The van der Waals surface area contributed by atoms with E-state index in [0.29, 0.717) is 11.4 Å². The summed E-state index contributed by atoms with van der Waals surface area (Å²) in [4.78, 5) is 36.9. The Morgan fingerprint density at radius 3 is 2.25 bits per heavy atom. The van der Waals surface area contributed by atoms with Gasteiger partial charge in [-0.3, -0.25) is 9.59 Å². The summed E-state index contributed by atoms with van der Waals surface area (Å²) in [7, 11) is 1.55. The molecular formula is C20H24N2O6. The van der Waals surface area contributed by atoms with Gasteiger partial charge in [0.1, 0.15) is 11.8 Å². The number of amides is 2. The van der Waals surface area contributed by atoms with E-state index in [-0.39, 0.29) is 11.7 Å². The molecule has 1 aromatic carbocycles. The minimum Gasteiger partial charge on any atom is -0.497 e. The average molecular weight is 388 g/mol. The lowest BCUT2D eigenvalue weighted by Gasteiger charge is -2.23. The van der Waals surface area contributed by atoms with Crippen molar-refractivity contribution in [1.82, 2.24) is 5.32 Å². The molecule has 0 spiro atoms. The lowest BCUT2D eigenvalue weighted by atomic mass is 10.1.